The summed E-state index contributed by atoms with van der Waals surface area (Å²) in [5.41, 5.74) is 1.15. The average molecular weight is 529 g/mol. The van der Waals surface area contributed by atoms with Gasteiger partial charge in [-0.2, -0.15) is 0 Å². The lowest BCUT2D eigenvalue weighted by molar-refractivity contribution is -0.142. The molecular formula is C25H28N4O5S2. The minimum Gasteiger partial charge on any atom is -0.465 e. The molecule has 0 spiro atoms. The minimum atomic E-state index is -3.85. The van der Waals surface area contributed by atoms with E-state index in [9.17, 15) is 13.2 Å². The molecule has 9 nitrogen and oxygen atoms in total. The van der Waals surface area contributed by atoms with Crippen molar-refractivity contribution in [2.24, 2.45) is 0 Å². The van der Waals surface area contributed by atoms with Gasteiger partial charge in [0, 0.05) is 24.3 Å². The second-order valence-electron chi connectivity index (χ2n) is 7.89. The number of thioether (sulfide) groups is 1. The Morgan fingerprint density at radius 2 is 1.78 bits per heavy atom. The van der Waals surface area contributed by atoms with Crippen molar-refractivity contribution in [2.45, 2.75) is 42.1 Å². The van der Waals surface area contributed by atoms with Gasteiger partial charge in [-0.3, -0.25) is 9.36 Å². The molecule has 0 saturated heterocycles. The van der Waals surface area contributed by atoms with Gasteiger partial charge in [0.2, 0.25) is 0 Å². The van der Waals surface area contributed by atoms with Gasteiger partial charge in [-0.1, -0.05) is 55.1 Å². The van der Waals surface area contributed by atoms with E-state index in [2.05, 4.69) is 10.2 Å². The number of aromatic nitrogens is 4. The van der Waals surface area contributed by atoms with Crippen LogP contribution in [0.1, 0.15) is 20.3 Å². The number of methoxy groups -OCH3 is 1. The quantitative estimate of drug-likeness (QED) is 0.211. The number of benzene rings is 2. The highest BCUT2D eigenvalue weighted by Gasteiger charge is 2.27. The van der Waals surface area contributed by atoms with Crippen LogP contribution in [0.2, 0.25) is 0 Å². The van der Waals surface area contributed by atoms with Crippen LogP contribution in [-0.2, 0) is 30.8 Å². The second kappa shape index (κ2) is 11.3. The summed E-state index contributed by atoms with van der Waals surface area (Å²) in [6, 6.07) is 15.6. The molecule has 36 heavy (non-hydrogen) atoms. The number of carbonyl (C=O) groups is 1. The number of fused-ring (bicyclic) bond motifs is 1. The van der Waals surface area contributed by atoms with Gasteiger partial charge in [-0.25, -0.2) is 12.4 Å². The molecule has 4 rings (SSSR count). The van der Waals surface area contributed by atoms with E-state index in [-0.39, 0.29) is 10.9 Å². The third kappa shape index (κ3) is 5.04. The van der Waals surface area contributed by atoms with E-state index in [1.807, 2.05) is 23.6 Å². The first-order valence-corrected chi connectivity index (χ1v) is 13.9. The maximum atomic E-state index is 13.5. The highest BCUT2D eigenvalue weighted by Crippen LogP contribution is 2.35. The van der Waals surface area contributed by atoms with Crippen LogP contribution < -0.4 is 0 Å². The molecule has 0 aliphatic carbocycles. The van der Waals surface area contributed by atoms with E-state index in [1.165, 1.54) is 15.7 Å². The number of nitrogens with zero attached hydrogens (tertiary/aromatic N) is 4. The molecule has 0 radical (unpaired) electrons. The van der Waals surface area contributed by atoms with Crippen molar-refractivity contribution in [3.05, 3.63) is 60.8 Å². The summed E-state index contributed by atoms with van der Waals surface area (Å²) >= 11 is 1.28. The Morgan fingerprint density at radius 3 is 2.47 bits per heavy atom. The number of hydrogen-bond donors (Lipinski definition) is 0. The minimum absolute atomic E-state index is 0.189. The van der Waals surface area contributed by atoms with Crippen molar-refractivity contribution >= 4 is 38.7 Å². The van der Waals surface area contributed by atoms with Gasteiger partial charge in [0.1, 0.15) is 5.25 Å². The van der Waals surface area contributed by atoms with Crippen LogP contribution in [0.5, 0.6) is 0 Å². The fourth-order valence-electron chi connectivity index (χ4n) is 3.85. The highest BCUT2D eigenvalue weighted by atomic mass is 32.2. The summed E-state index contributed by atoms with van der Waals surface area (Å²) in [6.07, 6.45) is 2.14. The van der Waals surface area contributed by atoms with Crippen molar-refractivity contribution in [1.29, 1.82) is 0 Å². The number of hydrogen-bond acceptors (Lipinski definition) is 8. The average Bonchev–Trinajstić information content (AvgIpc) is 3.48. The molecule has 0 saturated carbocycles. The predicted molar refractivity (Wildman–Crippen MR) is 138 cm³/mol. The van der Waals surface area contributed by atoms with E-state index in [0.29, 0.717) is 48.2 Å². The number of esters is 1. The summed E-state index contributed by atoms with van der Waals surface area (Å²) in [5.74, 6) is 0.185. The lowest BCUT2D eigenvalue weighted by Crippen LogP contribution is -2.20. The SMILES string of the molecule is CCOC(=O)[C@@H](CC)Sc1nnc(-c2cn(S(=O)(=O)c3ccccc3)c3ccccc23)n1CCOC. The molecule has 0 aliphatic rings. The Bertz CT molecular complexity index is 1450. The zero-order chi connectivity index (χ0) is 25.7. The topological polar surface area (TPSA) is 105 Å². The van der Waals surface area contributed by atoms with E-state index in [4.69, 9.17) is 9.47 Å². The number of ether oxygens (including phenoxy) is 2. The molecule has 0 N–H and O–H groups in total. The van der Waals surface area contributed by atoms with E-state index in [0.717, 1.165) is 5.39 Å². The lowest BCUT2D eigenvalue weighted by atomic mass is 10.1. The molecule has 0 bridgehead atoms. The Morgan fingerprint density at radius 1 is 1.06 bits per heavy atom. The Hall–Kier alpha value is -3.15. The van der Waals surface area contributed by atoms with Crippen LogP contribution in [0.15, 0.2) is 70.8 Å². The lowest BCUT2D eigenvalue weighted by Gasteiger charge is -2.14. The second-order valence-corrected chi connectivity index (χ2v) is 10.9. The molecule has 4 aromatic rings. The van der Waals surface area contributed by atoms with Crippen LogP contribution in [0.4, 0.5) is 0 Å². The van der Waals surface area contributed by atoms with Crippen LogP contribution in [0, 0.1) is 0 Å². The molecule has 0 amide bonds. The van der Waals surface area contributed by atoms with E-state index < -0.39 is 15.3 Å². The van der Waals surface area contributed by atoms with Gasteiger partial charge in [-0.05, 0) is 31.5 Å². The molecule has 11 heteroatoms. The maximum Gasteiger partial charge on any atom is 0.319 e. The zero-order valence-electron chi connectivity index (χ0n) is 20.3. The molecule has 0 fully saturated rings. The van der Waals surface area contributed by atoms with Gasteiger partial charge < -0.3 is 9.47 Å². The summed E-state index contributed by atoms with van der Waals surface area (Å²) in [5, 5.41) is 9.60. The largest absolute Gasteiger partial charge is 0.465 e. The van der Waals surface area contributed by atoms with Crippen LogP contribution >= 0.6 is 11.8 Å². The molecule has 2 aromatic heterocycles. The monoisotopic (exact) mass is 528 g/mol. The normalized spacial score (nSPS) is 12.6. The molecule has 2 aromatic carbocycles. The number of carbonyl (C=O) groups excluding carboxylic acids is 1. The van der Waals surface area contributed by atoms with Gasteiger partial charge >= 0.3 is 5.97 Å². The van der Waals surface area contributed by atoms with Crippen LogP contribution in [0.25, 0.3) is 22.3 Å². The number of rotatable bonds is 11. The van der Waals surface area contributed by atoms with Crippen molar-refractivity contribution < 1.29 is 22.7 Å². The Labute approximate surface area is 214 Å². The third-order valence-corrected chi connectivity index (χ3v) is 8.63. The first-order chi connectivity index (χ1) is 17.4. The summed E-state index contributed by atoms with van der Waals surface area (Å²) < 4.78 is 40.7. The first kappa shape index (κ1) is 25.9. The van der Waals surface area contributed by atoms with Crippen molar-refractivity contribution in [1.82, 2.24) is 18.7 Å². The molecule has 2 heterocycles. The molecule has 190 valence electrons. The fraction of sp³-hybridized carbons (Fsp3) is 0.320. The summed E-state index contributed by atoms with van der Waals surface area (Å²) in [7, 11) is -2.25. The van der Waals surface area contributed by atoms with E-state index >= 15 is 0 Å². The molecule has 0 unspecified atom stereocenters. The maximum absolute atomic E-state index is 13.5. The fourth-order valence-corrected chi connectivity index (χ4v) is 6.22. The van der Waals surface area contributed by atoms with Gasteiger partial charge in [0.15, 0.2) is 11.0 Å². The molecule has 1 atom stereocenters. The highest BCUT2D eigenvalue weighted by molar-refractivity contribution is 8.00. The van der Waals surface area contributed by atoms with Gasteiger partial charge in [-0.15, -0.1) is 10.2 Å². The van der Waals surface area contributed by atoms with Gasteiger partial charge in [0.05, 0.1) is 30.2 Å². The summed E-state index contributed by atoms with van der Waals surface area (Å²) in [4.78, 5) is 12.6. The molecule has 0 aliphatic heterocycles. The van der Waals surface area contributed by atoms with Gasteiger partial charge in [0.25, 0.3) is 10.0 Å². The number of para-hydroxylation sites is 1. The van der Waals surface area contributed by atoms with Crippen molar-refractivity contribution in [3.8, 4) is 11.4 Å². The first-order valence-electron chi connectivity index (χ1n) is 11.6. The standard InChI is InChI=1S/C25H28N4O5S2/c1-4-22(24(30)34-5-2)35-25-27-26-23(28(25)15-16-33-3)20-17-29(21-14-10-9-13-19(20)21)36(31,32)18-11-7-6-8-12-18/h6-14,17,22H,4-5,15-16H2,1-3H3/t22-/m1/s1. The van der Waals surface area contributed by atoms with E-state index in [1.54, 1.807) is 62.7 Å². The Balaban J connectivity index is 1.84. The van der Waals surface area contributed by atoms with Crippen LogP contribution in [-0.4, -0.2) is 58.7 Å². The third-order valence-electron chi connectivity index (χ3n) is 5.62. The smallest absolute Gasteiger partial charge is 0.319 e. The Kier molecular flexibility index (Phi) is 8.12. The van der Waals surface area contributed by atoms with Crippen molar-refractivity contribution in [3.63, 3.8) is 0 Å². The summed E-state index contributed by atoms with van der Waals surface area (Å²) in [6.45, 7) is 4.79. The zero-order valence-corrected chi connectivity index (χ0v) is 22.0. The van der Waals surface area contributed by atoms with Crippen LogP contribution in [0.3, 0.4) is 0 Å². The molecular weight excluding hydrogens is 500 g/mol. The predicted octanol–water partition coefficient (Wildman–Crippen LogP) is 4.22. The van der Waals surface area contributed by atoms with Crippen molar-refractivity contribution in [2.75, 3.05) is 20.3 Å².